The molecule has 1 unspecified atom stereocenters. The summed E-state index contributed by atoms with van der Waals surface area (Å²) in [5.74, 6) is -2.19. The number of sulfonamides is 1. The van der Waals surface area contributed by atoms with Crippen molar-refractivity contribution in [1.82, 2.24) is 14.9 Å². The molecule has 0 spiro atoms. The molecule has 2 N–H and O–H groups in total. The smallest absolute Gasteiger partial charge is 0.325 e. The quantitative estimate of drug-likeness (QED) is 0.447. The van der Waals surface area contributed by atoms with Gasteiger partial charge < -0.3 is 15.4 Å². The van der Waals surface area contributed by atoms with E-state index in [1.54, 1.807) is 19.1 Å². The lowest BCUT2D eigenvalue weighted by Gasteiger charge is -2.33. The number of carbonyl (C=O) groups is 3. The largest absolute Gasteiger partial charge is 0.468 e. The number of esters is 1. The van der Waals surface area contributed by atoms with Crippen LogP contribution in [-0.2, 0) is 29.1 Å². The molecule has 1 atom stereocenters. The molecule has 1 aliphatic rings. The summed E-state index contributed by atoms with van der Waals surface area (Å²) >= 11 is 3.10. The first-order valence-electron chi connectivity index (χ1n) is 7.49. The Morgan fingerprint density at radius 2 is 1.96 bits per heavy atom. The zero-order chi connectivity index (χ0) is 19.5. The van der Waals surface area contributed by atoms with Crippen LogP contribution in [0.4, 0.5) is 0 Å². The molecule has 0 saturated carbocycles. The average Bonchev–Trinajstić information content (AvgIpc) is 2.98. The zero-order valence-corrected chi connectivity index (χ0v) is 16.5. The van der Waals surface area contributed by atoms with Crippen molar-refractivity contribution in [2.24, 2.45) is 0 Å². The van der Waals surface area contributed by atoms with E-state index in [0.29, 0.717) is 0 Å². The molecule has 1 aliphatic heterocycles. The Morgan fingerprint density at radius 1 is 1.35 bits per heavy atom. The van der Waals surface area contributed by atoms with E-state index in [-0.39, 0.29) is 10.2 Å². The van der Waals surface area contributed by atoms with E-state index in [0.717, 1.165) is 17.0 Å². The van der Waals surface area contributed by atoms with Crippen molar-refractivity contribution in [3.8, 4) is 0 Å². The fraction of sp³-hybridized carbons (Fsp3) is 0.400. The van der Waals surface area contributed by atoms with Gasteiger partial charge in [0.15, 0.2) is 5.66 Å². The highest BCUT2D eigenvalue weighted by molar-refractivity contribution is 9.09. The Kier molecular flexibility index (Phi) is 6.04. The van der Waals surface area contributed by atoms with Gasteiger partial charge in [-0.15, -0.1) is 0 Å². The van der Waals surface area contributed by atoms with Crippen LogP contribution in [0, 0.1) is 6.92 Å². The molecule has 1 fully saturated rings. The molecular weight excluding hydrogens is 430 g/mol. The first-order valence-corrected chi connectivity index (χ1v) is 10.0. The van der Waals surface area contributed by atoms with Crippen molar-refractivity contribution >= 4 is 43.7 Å². The van der Waals surface area contributed by atoms with Crippen LogP contribution in [0.1, 0.15) is 5.56 Å². The minimum atomic E-state index is -4.15. The summed E-state index contributed by atoms with van der Waals surface area (Å²) in [6.07, 6.45) is 0. The number of hydrogen-bond donors (Lipinski definition) is 2. The van der Waals surface area contributed by atoms with Crippen LogP contribution >= 0.6 is 15.9 Å². The second kappa shape index (κ2) is 7.72. The van der Waals surface area contributed by atoms with Crippen molar-refractivity contribution in [2.75, 3.05) is 25.5 Å². The number of amides is 2. The van der Waals surface area contributed by atoms with E-state index in [9.17, 15) is 22.8 Å². The summed E-state index contributed by atoms with van der Waals surface area (Å²) < 4.78 is 31.2. The molecule has 0 bridgehead atoms. The maximum atomic E-state index is 13.0. The van der Waals surface area contributed by atoms with Crippen LogP contribution in [0.3, 0.4) is 0 Å². The van der Waals surface area contributed by atoms with E-state index in [2.05, 4.69) is 31.3 Å². The van der Waals surface area contributed by atoms with Gasteiger partial charge in [0.2, 0.25) is 15.9 Å². The molecule has 1 aromatic rings. The topological polar surface area (TPSA) is 122 Å². The van der Waals surface area contributed by atoms with Gasteiger partial charge in [0, 0.05) is 0 Å². The lowest BCUT2D eigenvalue weighted by Crippen LogP contribution is -2.65. The van der Waals surface area contributed by atoms with Crippen molar-refractivity contribution < 1.29 is 27.5 Å². The predicted octanol–water partition coefficient (Wildman–Crippen LogP) is -0.504. The van der Waals surface area contributed by atoms with Gasteiger partial charge in [-0.2, -0.15) is 4.31 Å². The summed E-state index contributed by atoms with van der Waals surface area (Å²) in [6, 6.07) is 6.04. The normalized spacial score (nSPS) is 20.5. The highest BCUT2D eigenvalue weighted by Gasteiger charge is 2.55. The van der Waals surface area contributed by atoms with E-state index < -0.39 is 46.6 Å². The van der Waals surface area contributed by atoms with Crippen molar-refractivity contribution in [2.45, 2.75) is 17.5 Å². The van der Waals surface area contributed by atoms with E-state index >= 15 is 0 Å². The second-order valence-electron chi connectivity index (χ2n) is 5.63. The number of methoxy groups -OCH3 is 1. The van der Waals surface area contributed by atoms with Gasteiger partial charge in [0.25, 0.3) is 5.91 Å². The van der Waals surface area contributed by atoms with Gasteiger partial charge in [0.05, 0.1) is 23.9 Å². The molecular formula is C15H18BrN3O6S. The predicted molar refractivity (Wildman–Crippen MR) is 94.8 cm³/mol. The number of carbonyl (C=O) groups excluding carboxylic acids is 3. The number of benzene rings is 1. The number of hydrogen-bond acceptors (Lipinski definition) is 6. The van der Waals surface area contributed by atoms with Crippen LogP contribution in [0.2, 0.25) is 0 Å². The van der Waals surface area contributed by atoms with Gasteiger partial charge >= 0.3 is 5.97 Å². The SMILES string of the molecule is COC(=O)CNC(=O)C1(CBr)NC(=O)CN1S(=O)(=O)c1ccc(C)cc1. The molecule has 2 rings (SSSR count). The summed E-state index contributed by atoms with van der Waals surface area (Å²) in [6.45, 7) is 0.826. The molecule has 0 radical (unpaired) electrons. The van der Waals surface area contributed by atoms with E-state index in [4.69, 9.17) is 0 Å². The van der Waals surface area contributed by atoms with Crippen LogP contribution in [0.25, 0.3) is 0 Å². The van der Waals surface area contributed by atoms with Gasteiger partial charge in [-0.3, -0.25) is 14.4 Å². The molecule has 0 aliphatic carbocycles. The molecule has 0 aromatic heterocycles. The number of halogens is 1. The highest BCUT2D eigenvalue weighted by atomic mass is 79.9. The minimum Gasteiger partial charge on any atom is -0.468 e. The lowest BCUT2D eigenvalue weighted by atomic mass is 10.2. The van der Waals surface area contributed by atoms with Crippen LogP contribution in [-0.4, -0.2) is 61.7 Å². The molecule has 1 aromatic carbocycles. The Labute approximate surface area is 159 Å². The zero-order valence-electron chi connectivity index (χ0n) is 14.1. The molecule has 142 valence electrons. The van der Waals surface area contributed by atoms with Crippen molar-refractivity contribution in [1.29, 1.82) is 0 Å². The number of ether oxygens (including phenoxy) is 1. The van der Waals surface area contributed by atoms with Gasteiger partial charge in [-0.1, -0.05) is 33.6 Å². The third-order valence-corrected chi connectivity index (χ3v) is 6.56. The first-order chi connectivity index (χ1) is 12.2. The average molecular weight is 448 g/mol. The van der Waals surface area contributed by atoms with Crippen molar-refractivity contribution in [3.05, 3.63) is 29.8 Å². The van der Waals surface area contributed by atoms with Gasteiger partial charge in [-0.25, -0.2) is 8.42 Å². The van der Waals surface area contributed by atoms with E-state index in [1.807, 2.05) is 0 Å². The highest BCUT2D eigenvalue weighted by Crippen LogP contribution is 2.29. The molecule has 11 heteroatoms. The fourth-order valence-electron chi connectivity index (χ4n) is 2.43. The maximum Gasteiger partial charge on any atom is 0.325 e. The third kappa shape index (κ3) is 3.74. The number of nitrogens with one attached hydrogen (secondary N) is 2. The first kappa shape index (κ1) is 20.3. The third-order valence-electron chi connectivity index (χ3n) is 3.86. The molecule has 2 amide bonds. The standard InChI is InChI=1S/C15H18BrN3O6S/c1-10-3-5-11(6-4-10)26(23,24)19-8-12(20)18-15(19,9-16)14(22)17-7-13(21)25-2/h3-6H,7-9H2,1-2H3,(H,17,22)(H,18,20). The number of aryl methyl sites for hydroxylation is 1. The van der Waals surface area contributed by atoms with Crippen molar-refractivity contribution in [3.63, 3.8) is 0 Å². The summed E-state index contributed by atoms with van der Waals surface area (Å²) in [4.78, 5) is 35.8. The van der Waals surface area contributed by atoms with Crippen LogP contribution in [0.5, 0.6) is 0 Å². The second-order valence-corrected chi connectivity index (χ2v) is 8.05. The summed E-state index contributed by atoms with van der Waals surface area (Å²) in [7, 11) is -3.00. The Bertz CT molecular complexity index is 826. The number of rotatable bonds is 6. The Morgan fingerprint density at radius 3 is 2.50 bits per heavy atom. The molecule has 1 saturated heterocycles. The fourth-order valence-corrected chi connectivity index (χ4v) is 4.92. The van der Waals surface area contributed by atoms with Crippen LogP contribution < -0.4 is 10.6 Å². The number of alkyl halides is 1. The van der Waals surface area contributed by atoms with Crippen LogP contribution in [0.15, 0.2) is 29.2 Å². The monoisotopic (exact) mass is 447 g/mol. The Balaban J connectivity index is 2.41. The summed E-state index contributed by atoms with van der Waals surface area (Å²) in [5, 5.41) is 4.47. The molecule has 26 heavy (non-hydrogen) atoms. The van der Waals surface area contributed by atoms with Gasteiger partial charge in [-0.05, 0) is 19.1 Å². The lowest BCUT2D eigenvalue weighted by molar-refractivity contribution is -0.142. The minimum absolute atomic E-state index is 0.0503. The van der Waals surface area contributed by atoms with Gasteiger partial charge in [0.1, 0.15) is 6.54 Å². The number of nitrogens with zero attached hydrogens (tertiary/aromatic N) is 1. The summed E-state index contributed by atoms with van der Waals surface area (Å²) in [5.41, 5.74) is -1.03. The molecule has 1 heterocycles. The Hall–Kier alpha value is -1.98. The maximum absolute atomic E-state index is 13.0. The molecule has 9 nitrogen and oxygen atoms in total. The van der Waals surface area contributed by atoms with E-state index in [1.165, 1.54) is 12.1 Å².